The Hall–Kier alpha value is -2.09. The van der Waals surface area contributed by atoms with Crippen LogP contribution in [0, 0.1) is 6.92 Å². The van der Waals surface area contributed by atoms with Gasteiger partial charge < -0.3 is 20.9 Å². The van der Waals surface area contributed by atoms with Crippen LogP contribution in [-0.2, 0) is 14.4 Å². The van der Waals surface area contributed by atoms with E-state index >= 15 is 0 Å². The van der Waals surface area contributed by atoms with Crippen LogP contribution in [0.4, 0.5) is 0 Å². The molecule has 1 aromatic rings. The average molecular weight is 359 g/mol. The fraction of sp³-hybridized carbons (Fsp3) is 0.308. The molecule has 0 saturated carbocycles. The number of aryl methyl sites for hydroxylation is 1. The highest BCUT2D eigenvalue weighted by Crippen LogP contribution is 2.25. The van der Waals surface area contributed by atoms with Crippen LogP contribution in [-0.4, -0.2) is 35.5 Å². The topological polar surface area (TPSA) is 119 Å². The van der Waals surface area contributed by atoms with Gasteiger partial charge in [-0.25, -0.2) is 4.79 Å². The number of hydrogen-bond donors (Lipinski definition) is 3. The highest BCUT2D eigenvalue weighted by Gasteiger charge is 2.22. The summed E-state index contributed by atoms with van der Waals surface area (Å²) in [6, 6.07) is 3.95. The van der Waals surface area contributed by atoms with E-state index < -0.39 is 30.2 Å². The third-order valence-electron chi connectivity index (χ3n) is 2.48. The first-order valence-corrected chi connectivity index (χ1v) is 6.78. The first-order valence-electron chi connectivity index (χ1n) is 5.99. The summed E-state index contributed by atoms with van der Waals surface area (Å²) in [5.74, 6) is -2.35. The van der Waals surface area contributed by atoms with E-state index in [-0.39, 0.29) is 6.61 Å². The molecular formula is C13H15BrN2O5. The molecule has 0 aliphatic heterocycles. The number of nitrogens with one attached hydrogen (secondary N) is 1. The lowest BCUT2D eigenvalue weighted by molar-refractivity contribution is -0.143. The molecule has 1 atom stereocenters. The van der Waals surface area contributed by atoms with E-state index in [0.717, 1.165) is 5.56 Å². The summed E-state index contributed by atoms with van der Waals surface area (Å²) in [5, 5.41) is 11.0. The van der Waals surface area contributed by atoms with Gasteiger partial charge in [-0.1, -0.05) is 6.07 Å². The maximum atomic E-state index is 11.6. The second-order valence-electron chi connectivity index (χ2n) is 4.35. The highest BCUT2D eigenvalue weighted by atomic mass is 79.9. The quantitative estimate of drug-likeness (QED) is 0.658. The summed E-state index contributed by atoms with van der Waals surface area (Å²) in [6.07, 6.45) is -0.477. The number of primary amides is 1. The van der Waals surface area contributed by atoms with Crippen LogP contribution in [0.1, 0.15) is 12.0 Å². The number of carbonyl (C=O) groups is 3. The molecule has 0 bridgehead atoms. The van der Waals surface area contributed by atoms with E-state index in [1.54, 1.807) is 6.07 Å². The monoisotopic (exact) mass is 358 g/mol. The average Bonchev–Trinajstić information content (AvgIpc) is 2.36. The second kappa shape index (κ2) is 7.63. The fourth-order valence-corrected chi connectivity index (χ4v) is 2.11. The maximum absolute atomic E-state index is 11.6. The van der Waals surface area contributed by atoms with E-state index in [1.165, 1.54) is 0 Å². The van der Waals surface area contributed by atoms with Crippen molar-refractivity contribution in [3.63, 3.8) is 0 Å². The number of amides is 2. The molecule has 0 aromatic heterocycles. The lowest BCUT2D eigenvalue weighted by Gasteiger charge is -2.13. The van der Waals surface area contributed by atoms with Gasteiger partial charge in [-0.15, -0.1) is 0 Å². The van der Waals surface area contributed by atoms with Crippen LogP contribution in [0.3, 0.4) is 0 Å². The van der Waals surface area contributed by atoms with Gasteiger partial charge in [0.25, 0.3) is 5.91 Å². The number of benzene rings is 1. The first-order chi connectivity index (χ1) is 9.79. The highest BCUT2D eigenvalue weighted by molar-refractivity contribution is 9.10. The molecular weight excluding hydrogens is 344 g/mol. The summed E-state index contributed by atoms with van der Waals surface area (Å²) < 4.78 is 5.95. The zero-order valence-corrected chi connectivity index (χ0v) is 12.8. The molecule has 0 fully saturated rings. The van der Waals surface area contributed by atoms with Gasteiger partial charge in [-0.05, 0) is 40.5 Å². The minimum atomic E-state index is -1.36. The van der Waals surface area contributed by atoms with Gasteiger partial charge in [0.1, 0.15) is 11.8 Å². The Balaban J connectivity index is 2.56. The molecule has 8 heteroatoms. The smallest absolute Gasteiger partial charge is 0.326 e. The van der Waals surface area contributed by atoms with E-state index in [2.05, 4.69) is 21.2 Å². The molecule has 0 spiro atoms. The Morgan fingerprint density at radius 3 is 2.62 bits per heavy atom. The predicted molar refractivity (Wildman–Crippen MR) is 77.8 cm³/mol. The summed E-state index contributed by atoms with van der Waals surface area (Å²) in [6.45, 7) is 1.53. The van der Waals surface area contributed by atoms with Crippen LogP contribution < -0.4 is 15.8 Å². The Bertz CT molecular complexity index is 561. The summed E-state index contributed by atoms with van der Waals surface area (Å²) in [4.78, 5) is 33.2. The molecule has 0 heterocycles. The third-order valence-corrected chi connectivity index (χ3v) is 3.10. The van der Waals surface area contributed by atoms with Crippen molar-refractivity contribution >= 4 is 33.7 Å². The number of nitrogens with two attached hydrogens (primary N) is 1. The molecule has 7 nitrogen and oxygen atoms in total. The number of ether oxygens (including phenoxy) is 1. The number of carbonyl (C=O) groups excluding carboxylic acids is 2. The lowest BCUT2D eigenvalue weighted by atomic mass is 10.2. The van der Waals surface area contributed by atoms with Crippen molar-refractivity contribution in [2.24, 2.45) is 5.73 Å². The van der Waals surface area contributed by atoms with Gasteiger partial charge in [-0.2, -0.15) is 0 Å². The van der Waals surface area contributed by atoms with Crippen molar-refractivity contribution in [1.82, 2.24) is 5.32 Å². The molecule has 21 heavy (non-hydrogen) atoms. The second-order valence-corrected chi connectivity index (χ2v) is 5.21. The number of carboxylic acids is 1. The number of aliphatic carboxylic acids is 1. The molecule has 1 aromatic carbocycles. The van der Waals surface area contributed by atoms with Crippen LogP contribution in [0.2, 0.25) is 0 Å². The van der Waals surface area contributed by atoms with Gasteiger partial charge in [0.2, 0.25) is 5.91 Å². The molecule has 0 radical (unpaired) electrons. The van der Waals surface area contributed by atoms with Crippen molar-refractivity contribution in [2.75, 3.05) is 6.61 Å². The Labute approximate surface area is 129 Å². The summed E-state index contributed by atoms with van der Waals surface area (Å²) in [5.41, 5.74) is 5.93. The minimum absolute atomic E-state index is 0.371. The number of hydrogen-bond acceptors (Lipinski definition) is 4. The third kappa shape index (κ3) is 5.82. The summed E-state index contributed by atoms with van der Waals surface area (Å²) >= 11 is 3.29. The standard InChI is InChI=1S/C13H15BrN2O5/c1-7-2-3-10(8(14)4-7)21-6-12(18)16-9(13(19)20)5-11(15)17/h2-4,9H,5-6H2,1H3,(H2,15,17)(H,16,18)(H,19,20)/t9-/m0/s1. The Kier molecular flexibility index (Phi) is 6.16. The van der Waals surface area contributed by atoms with Crippen LogP contribution >= 0.6 is 15.9 Å². The number of rotatable bonds is 7. The Morgan fingerprint density at radius 1 is 1.43 bits per heavy atom. The van der Waals surface area contributed by atoms with Crippen LogP contribution in [0.5, 0.6) is 5.75 Å². The fourth-order valence-electron chi connectivity index (χ4n) is 1.50. The zero-order valence-electron chi connectivity index (χ0n) is 11.3. The number of carboxylic acid groups (broad SMARTS) is 1. The van der Waals surface area contributed by atoms with E-state index in [4.69, 9.17) is 15.6 Å². The molecule has 1 rings (SSSR count). The van der Waals surface area contributed by atoms with Crippen molar-refractivity contribution < 1.29 is 24.2 Å². The van der Waals surface area contributed by atoms with E-state index in [9.17, 15) is 14.4 Å². The molecule has 0 aliphatic rings. The van der Waals surface area contributed by atoms with Gasteiger partial charge in [-0.3, -0.25) is 9.59 Å². The SMILES string of the molecule is Cc1ccc(OCC(=O)N[C@@H](CC(N)=O)C(=O)O)c(Br)c1. The molecule has 0 aliphatic carbocycles. The molecule has 114 valence electrons. The Morgan fingerprint density at radius 2 is 2.10 bits per heavy atom. The van der Waals surface area contributed by atoms with Crippen molar-refractivity contribution in [1.29, 1.82) is 0 Å². The first kappa shape index (κ1) is 17.0. The van der Waals surface area contributed by atoms with Crippen molar-refractivity contribution in [3.05, 3.63) is 28.2 Å². The van der Waals surface area contributed by atoms with Gasteiger partial charge >= 0.3 is 5.97 Å². The minimum Gasteiger partial charge on any atom is -0.483 e. The van der Waals surface area contributed by atoms with Gasteiger partial charge in [0, 0.05) is 0 Å². The lowest BCUT2D eigenvalue weighted by Crippen LogP contribution is -2.45. The molecule has 4 N–H and O–H groups in total. The normalized spacial score (nSPS) is 11.5. The van der Waals surface area contributed by atoms with Gasteiger partial charge in [0.15, 0.2) is 6.61 Å². The largest absolute Gasteiger partial charge is 0.483 e. The summed E-state index contributed by atoms with van der Waals surface area (Å²) in [7, 11) is 0. The maximum Gasteiger partial charge on any atom is 0.326 e. The van der Waals surface area contributed by atoms with Crippen molar-refractivity contribution in [3.8, 4) is 5.75 Å². The molecule has 2 amide bonds. The predicted octanol–water partition coefficient (Wildman–Crippen LogP) is 0.581. The van der Waals surface area contributed by atoms with E-state index in [0.29, 0.717) is 10.2 Å². The molecule has 0 saturated heterocycles. The van der Waals surface area contributed by atoms with Gasteiger partial charge in [0.05, 0.1) is 10.9 Å². The number of halogens is 1. The molecule has 0 unspecified atom stereocenters. The zero-order chi connectivity index (χ0) is 16.0. The van der Waals surface area contributed by atoms with E-state index in [1.807, 2.05) is 19.1 Å². The van der Waals surface area contributed by atoms with Crippen LogP contribution in [0.25, 0.3) is 0 Å². The van der Waals surface area contributed by atoms with Crippen LogP contribution in [0.15, 0.2) is 22.7 Å². The van der Waals surface area contributed by atoms with Crippen molar-refractivity contribution in [2.45, 2.75) is 19.4 Å².